The van der Waals surface area contributed by atoms with E-state index >= 15 is 0 Å². The van der Waals surface area contributed by atoms with Gasteiger partial charge in [-0.1, -0.05) is 18.5 Å². The Morgan fingerprint density at radius 2 is 1.97 bits per heavy atom. The van der Waals surface area contributed by atoms with Crippen LogP contribution in [0.4, 0.5) is 5.82 Å². The zero-order chi connectivity index (χ0) is 20.8. The summed E-state index contributed by atoms with van der Waals surface area (Å²) in [6.07, 6.45) is 4.07. The van der Waals surface area contributed by atoms with Crippen molar-refractivity contribution in [3.05, 3.63) is 22.6 Å². The summed E-state index contributed by atoms with van der Waals surface area (Å²) in [5.41, 5.74) is -0.622. The van der Waals surface area contributed by atoms with Gasteiger partial charge in [-0.05, 0) is 63.7 Å². The van der Waals surface area contributed by atoms with E-state index in [0.29, 0.717) is 36.4 Å². The molecule has 1 saturated carbocycles. The second-order valence-corrected chi connectivity index (χ2v) is 9.78. The Bertz CT molecular complexity index is 886. The van der Waals surface area contributed by atoms with Gasteiger partial charge in [0.15, 0.2) is 5.78 Å². The van der Waals surface area contributed by atoms with E-state index in [-0.39, 0.29) is 16.8 Å². The van der Waals surface area contributed by atoms with E-state index in [4.69, 9.17) is 17.0 Å². The number of carbonyl (C=O) groups excluding carboxylic acids is 2. The van der Waals surface area contributed by atoms with Crippen LogP contribution in [0.1, 0.15) is 39.5 Å². The lowest BCUT2D eigenvalue weighted by atomic mass is 9.94. The number of fused-ring (bicyclic) bond motifs is 1. The van der Waals surface area contributed by atoms with Crippen molar-refractivity contribution in [2.75, 3.05) is 31.5 Å². The van der Waals surface area contributed by atoms with Crippen molar-refractivity contribution >= 4 is 29.1 Å². The predicted molar refractivity (Wildman–Crippen MR) is 112 cm³/mol. The zero-order valence-corrected chi connectivity index (χ0v) is 17.9. The average molecular weight is 420 g/mol. The van der Waals surface area contributed by atoms with Gasteiger partial charge in [-0.2, -0.15) is 0 Å². The molecule has 1 amide bonds. The summed E-state index contributed by atoms with van der Waals surface area (Å²) in [7, 11) is 0. The van der Waals surface area contributed by atoms with Crippen LogP contribution in [0.5, 0.6) is 0 Å². The van der Waals surface area contributed by atoms with Crippen molar-refractivity contribution in [2.24, 2.45) is 11.3 Å². The number of anilines is 1. The monoisotopic (exact) mass is 419 g/mol. The highest BCUT2D eigenvalue weighted by molar-refractivity contribution is 6.30. The van der Waals surface area contributed by atoms with Crippen LogP contribution in [0.25, 0.3) is 0 Å². The molecule has 7 nitrogen and oxygen atoms in total. The van der Waals surface area contributed by atoms with Gasteiger partial charge in [-0.3, -0.25) is 19.9 Å². The number of rotatable bonds is 6. The second-order valence-electron chi connectivity index (χ2n) is 9.37. The van der Waals surface area contributed by atoms with Crippen LogP contribution in [0.2, 0.25) is 5.02 Å². The Kier molecular flexibility index (Phi) is 5.23. The number of hydrogen-bond donors (Lipinski definition) is 3. The number of amides is 1. The Hall–Kier alpha value is -1.86. The third kappa shape index (κ3) is 4.08. The van der Waals surface area contributed by atoms with Crippen LogP contribution in [0.15, 0.2) is 12.1 Å². The van der Waals surface area contributed by atoms with Crippen molar-refractivity contribution in [1.82, 2.24) is 14.8 Å². The normalized spacial score (nSPS) is 25.9. The maximum absolute atomic E-state index is 12.9. The van der Waals surface area contributed by atoms with Crippen molar-refractivity contribution < 1.29 is 9.59 Å². The molecule has 1 atom stereocenters. The van der Waals surface area contributed by atoms with E-state index < -0.39 is 5.54 Å². The molecule has 3 heterocycles. The van der Waals surface area contributed by atoms with E-state index in [0.717, 1.165) is 44.6 Å². The molecule has 1 saturated heterocycles. The van der Waals surface area contributed by atoms with Crippen molar-refractivity contribution in [2.45, 2.75) is 51.6 Å². The summed E-state index contributed by atoms with van der Waals surface area (Å²) < 4.78 is 1.73. The zero-order valence-electron chi connectivity index (χ0n) is 17.2. The first-order valence-corrected chi connectivity index (χ1v) is 10.8. The van der Waals surface area contributed by atoms with E-state index in [1.165, 1.54) is 0 Å². The van der Waals surface area contributed by atoms with Crippen LogP contribution in [-0.4, -0.2) is 52.9 Å². The Labute approximate surface area is 176 Å². The maximum atomic E-state index is 12.9. The molecule has 3 aliphatic rings. The molecule has 0 radical (unpaired) electrons. The predicted octanol–water partition coefficient (Wildman–Crippen LogP) is 2.00. The highest BCUT2D eigenvalue weighted by Crippen LogP contribution is 2.45. The van der Waals surface area contributed by atoms with E-state index in [2.05, 4.69) is 22.5 Å². The SMILES string of the molecule is CC1(C(=O)CN2CCC(CNC(=O)C3(C)Cn4c(ccc(Cl)c4=N)N3)CC2)CC1. The van der Waals surface area contributed by atoms with Gasteiger partial charge in [0.1, 0.15) is 16.8 Å². The highest BCUT2D eigenvalue weighted by Gasteiger charge is 2.45. The third-order valence-electron chi connectivity index (χ3n) is 6.85. The third-order valence-corrected chi connectivity index (χ3v) is 7.16. The van der Waals surface area contributed by atoms with Gasteiger partial charge in [-0.25, -0.2) is 0 Å². The molecule has 1 aromatic heterocycles. The second kappa shape index (κ2) is 7.43. The Morgan fingerprint density at radius 1 is 1.28 bits per heavy atom. The molecule has 0 bridgehead atoms. The summed E-state index contributed by atoms with van der Waals surface area (Å²) >= 11 is 6.04. The van der Waals surface area contributed by atoms with Crippen LogP contribution >= 0.6 is 11.6 Å². The highest BCUT2D eigenvalue weighted by atomic mass is 35.5. The summed E-state index contributed by atoms with van der Waals surface area (Å²) in [6.45, 7) is 7.36. The molecule has 1 aliphatic carbocycles. The number of aromatic nitrogens is 1. The smallest absolute Gasteiger partial charge is 0.247 e. The number of likely N-dealkylation sites (tertiary alicyclic amines) is 1. The topological polar surface area (TPSA) is 90.2 Å². The summed E-state index contributed by atoms with van der Waals surface area (Å²) in [5.74, 6) is 1.49. The average Bonchev–Trinajstić information content (AvgIpc) is 3.35. The fourth-order valence-corrected chi connectivity index (χ4v) is 4.42. The summed E-state index contributed by atoms with van der Waals surface area (Å²) in [4.78, 5) is 27.4. The first kappa shape index (κ1) is 20.4. The molecule has 2 aliphatic heterocycles. The van der Waals surface area contributed by atoms with Gasteiger partial charge < -0.3 is 15.2 Å². The molecule has 1 aromatic rings. The van der Waals surface area contributed by atoms with E-state index in [1.807, 2.05) is 6.92 Å². The van der Waals surface area contributed by atoms with Crippen LogP contribution in [0.3, 0.4) is 0 Å². The number of Topliss-reactive ketones (excluding diaryl/α,β-unsaturated/α-hetero) is 1. The number of ketones is 1. The van der Waals surface area contributed by atoms with Crippen LogP contribution in [0, 0.1) is 16.7 Å². The molecule has 0 aromatic carbocycles. The van der Waals surface area contributed by atoms with Crippen molar-refractivity contribution in [1.29, 1.82) is 5.41 Å². The van der Waals surface area contributed by atoms with Gasteiger partial charge in [-0.15, -0.1) is 0 Å². The molecule has 2 fully saturated rings. The number of hydrogen-bond acceptors (Lipinski definition) is 5. The number of nitrogens with one attached hydrogen (secondary N) is 3. The quantitative estimate of drug-likeness (QED) is 0.657. The molecule has 158 valence electrons. The number of nitrogens with zero attached hydrogens (tertiary/aromatic N) is 2. The Morgan fingerprint density at radius 3 is 2.62 bits per heavy atom. The number of piperidine rings is 1. The van der Waals surface area contributed by atoms with Crippen molar-refractivity contribution in [3.8, 4) is 0 Å². The van der Waals surface area contributed by atoms with E-state index in [1.54, 1.807) is 16.7 Å². The number of halogens is 1. The molecule has 0 spiro atoms. The lowest BCUT2D eigenvalue weighted by Gasteiger charge is -2.33. The van der Waals surface area contributed by atoms with Crippen LogP contribution < -0.4 is 16.1 Å². The first-order chi connectivity index (χ1) is 13.7. The standard InChI is InChI=1S/C21H30ClN5O2/c1-20(7-8-20)16(28)12-26-9-5-14(6-10-26)11-24-19(29)21(2)13-27-17(25-21)4-3-15(22)18(27)23/h3-4,14,23,25H,5-13H2,1-2H3,(H,24,29). The largest absolute Gasteiger partial charge is 0.356 e. The first-order valence-electron chi connectivity index (χ1n) is 10.5. The molecule has 4 rings (SSSR count). The number of carbonyl (C=O) groups is 2. The molecule has 1 unspecified atom stereocenters. The molecule has 3 N–H and O–H groups in total. The van der Waals surface area contributed by atoms with Gasteiger partial charge in [0.05, 0.1) is 18.1 Å². The minimum absolute atomic E-state index is 0.0483. The fraction of sp³-hybridized carbons (Fsp3) is 0.667. The van der Waals surface area contributed by atoms with Gasteiger partial charge >= 0.3 is 0 Å². The maximum Gasteiger partial charge on any atom is 0.247 e. The minimum atomic E-state index is -0.791. The number of pyridine rings is 1. The summed E-state index contributed by atoms with van der Waals surface area (Å²) in [5, 5.41) is 14.8. The van der Waals surface area contributed by atoms with Gasteiger partial charge in [0.25, 0.3) is 0 Å². The fourth-order valence-electron chi connectivity index (χ4n) is 4.25. The van der Waals surface area contributed by atoms with Gasteiger partial charge in [0.2, 0.25) is 5.91 Å². The Balaban J connectivity index is 1.25. The minimum Gasteiger partial charge on any atom is -0.356 e. The molecule has 29 heavy (non-hydrogen) atoms. The van der Waals surface area contributed by atoms with E-state index in [9.17, 15) is 9.59 Å². The molecular formula is C21H30ClN5O2. The summed E-state index contributed by atoms with van der Waals surface area (Å²) in [6, 6.07) is 3.48. The van der Waals surface area contributed by atoms with Crippen LogP contribution in [-0.2, 0) is 16.1 Å². The van der Waals surface area contributed by atoms with Gasteiger partial charge in [0, 0.05) is 12.0 Å². The van der Waals surface area contributed by atoms with Crippen molar-refractivity contribution in [3.63, 3.8) is 0 Å². The molecular weight excluding hydrogens is 390 g/mol. The molecule has 8 heteroatoms. The lowest BCUT2D eigenvalue weighted by Crippen LogP contribution is -2.51. The lowest BCUT2D eigenvalue weighted by molar-refractivity contribution is -0.125.